The van der Waals surface area contributed by atoms with Crippen LogP contribution in [0.15, 0.2) is 0 Å². The number of nitrogens with one attached hydrogen (secondary N) is 2. The molecular formula is C13H27N3O4. The Morgan fingerprint density at radius 3 is 2.30 bits per heavy atom. The van der Waals surface area contributed by atoms with Crippen LogP contribution in [0.25, 0.3) is 0 Å². The highest BCUT2D eigenvalue weighted by molar-refractivity contribution is 5.74. The first kappa shape index (κ1) is 18.7. The van der Waals surface area contributed by atoms with Crippen molar-refractivity contribution in [1.29, 1.82) is 0 Å². The summed E-state index contributed by atoms with van der Waals surface area (Å²) in [7, 11) is 0. The van der Waals surface area contributed by atoms with Crippen molar-refractivity contribution in [3.05, 3.63) is 0 Å². The molecule has 20 heavy (non-hydrogen) atoms. The second-order valence-corrected chi connectivity index (χ2v) is 5.06. The molecule has 0 aliphatic carbocycles. The van der Waals surface area contributed by atoms with Crippen LogP contribution in [0, 0.1) is 0 Å². The third kappa shape index (κ3) is 9.57. The molecule has 0 saturated heterocycles. The van der Waals surface area contributed by atoms with E-state index in [1.54, 1.807) is 0 Å². The molecule has 0 radical (unpaired) electrons. The van der Waals surface area contributed by atoms with E-state index in [0.717, 1.165) is 26.1 Å². The van der Waals surface area contributed by atoms with Crippen LogP contribution in [0.5, 0.6) is 0 Å². The predicted octanol–water partition coefficient (Wildman–Crippen LogP) is 0.243. The molecule has 0 aromatic heterocycles. The van der Waals surface area contributed by atoms with Crippen molar-refractivity contribution < 1.29 is 19.8 Å². The zero-order valence-electron chi connectivity index (χ0n) is 12.6. The summed E-state index contributed by atoms with van der Waals surface area (Å²) < 4.78 is 0. The Morgan fingerprint density at radius 1 is 1.20 bits per heavy atom. The zero-order valence-corrected chi connectivity index (χ0v) is 12.6. The fraction of sp³-hybridized carbons (Fsp3) is 0.846. The van der Waals surface area contributed by atoms with E-state index in [1.165, 1.54) is 6.92 Å². The lowest BCUT2D eigenvalue weighted by atomic mass is 10.0. The number of rotatable bonds is 10. The minimum absolute atomic E-state index is 0.0961. The summed E-state index contributed by atoms with van der Waals surface area (Å²) >= 11 is 0. The van der Waals surface area contributed by atoms with Gasteiger partial charge >= 0.3 is 12.0 Å². The van der Waals surface area contributed by atoms with Crippen molar-refractivity contribution >= 4 is 12.0 Å². The van der Waals surface area contributed by atoms with Crippen LogP contribution >= 0.6 is 0 Å². The molecule has 0 aromatic carbocycles. The summed E-state index contributed by atoms with van der Waals surface area (Å²) in [4.78, 5) is 24.2. The van der Waals surface area contributed by atoms with E-state index < -0.39 is 24.0 Å². The first-order valence-corrected chi connectivity index (χ1v) is 6.99. The Bertz CT molecular complexity index is 304. The molecule has 118 valence electrons. The summed E-state index contributed by atoms with van der Waals surface area (Å²) in [5.74, 6) is -1.10. The van der Waals surface area contributed by atoms with Crippen molar-refractivity contribution in [2.45, 2.75) is 39.2 Å². The number of carboxylic acids is 1. The summed E-state index contributed by atoms with van der Waals surface area (Å²) in [6, 6.07) is -0.393. The van der Waals surface area contributed by atoms with E-state index in [-0.39, 0.29) is 6.54 Å². The maximum Gasteiger partial charge on any atom is 0.314 e. The Labute approximate surface area is 120 Å². The normalized spacial score (nSPS) is 13.8. The summed E-state index contributed by atoms with van der Waals surface area (Å²) in [5.41, 5.74) is -1.44. The summed E-state index contributed by atoms with van der Waals surface area (Å²) in [6.07, 6.45) is 0.440. The van der Waals surface area contributed by atoms with Crippen molar-refractivity contribution in [2.75, 3.05) is 32.7 Å². The second-order valence-electron chi connectivity index (χ2n) is 5.06. The first-order chi connectivity index (χ1) is 9.30. The number of aliphatic hydroxyl groups is 1. The maximum atomic E-state index is 11.5. The average Bonchev–Trinajstić information content (AvgIpc) is 2.35. The number of urea groups is 1. The van der Waals surface area contributed by atoms with Gasteiger partial charge in [0.05, 0.1) is 12.0 Å². The van der Waals surface area contributed by atoms with Crippen LogP contribution in [-0.2, 0) is 4.79 Å². The molecule has 0 bridgehead atoms. The average molecular weight is 289 g/mol. The molecule has 0 heterocycles. The van der Waals surface area contributed by atoms with Gasteiger partial charge in [-0.3, -0.25) is 4.79 Å². The molecule has 0 aliphatic heterocycles. The first-order valence-electron chi connectivity index (χ1n) is 6.99. The highest BCUT2D eigenvalue weighted by Gasteiger charge is 2.24. The van der Waals surface area contributed by atoms with E-state index in [2.05, 4.69) is 29.4 Å². The third-order valence-corrected chi connectivity index (χ3v) is 2.99. The smallest absolute Gasteiger partial charge is 0.314 e. The van der Waals surface area contributed by atoms with Crippen molar-refractivity contribution in [2.24, 2.45) is 0 Å². The zero-order chi connectivity index (χ0) is 15.6. The van der Waals surface area contributed by atoms with Crippen molar-refractivity contribution in [3.63, 3.8) is 0 Å². The molecule has 0 aliphatic rings. The van der Waals surface area contributed by atoms with Crippen molar-refractivity contribution in [3.8, 4) is 0 Å². The predicted molar refractivity (Wildman–Crippen MR) is 76.7 cm³/mol. The van der Waals surface area contributed by atoms with Gasteiger partial charge in [-0.05, 0) is 33.0 Å². The van der Waals surface area contributed by atoms with Crippen molar-refractivity contribution in [1.82, 2.24) is 15.5 Å². The molecule has 0 spiro atoms. The van der Waals surface area contributed by atoms with E-state index in [9.17, 15) is 14.7 Å². The highest BCUT2D eigenvalue weighted by Crippen LogP contribution is 2.06. The minimum atomic E-state index is -1.44. The standard InChI is InChI=1S/C13H27N3O4/c1-4-16(5-2)8-6-7-14-12(19)15-10-13(3,20)9-11(17)18/h20H,4-10H2,1-3H3,(H,17,18)(H2,14,15,19). The number of amides is 2. The molecule has 1 unspecified atom stereocenters. The summed E-state index contributed by atoms with van der Waals surface area (Å²) in [6.45, 7) is 8.90. The Balaban J connectivity index is 3.76. The number of hydrogen-bond donors (Lipinski definition) is 4. The Morgan fingerprint density at radius 2 is 1.80 bits per heavy atom. The molecule has 0 fully saturated rings. The SMILES string of the molecule is CCN(CC)CCCNC(=O)NCC(C)(O)CC(=O)O. The van der Waals surface area contributed by atoms with Gasteiger partial charge in [0.15, 0.2) is 0 Å². The van der Waals surface area contributed by atoms with E-state index in [0.29, 0.717) is 6.54 Å². The van der Waals surface area contributed by atoms with Gasteiger partial charge in [-0.2, -0.15) is 0 Å². The van der Waals surface area contributed by atoms with E-state index >= 15 is 0 Å². The molecular weight excluding hydrogens is 262 g/mol. The fourth-order valence-electron chi connectivity index (χ4n) is 1.77. The molecule has 7 nitrogen and oxygen atoms in total. The van der Waals surface area contributed by atoms with Gasteiger partial charge in [0.25, 0.3) is 0 Å². The van der Waals surface area contributed by atoms with Gasteiger partial charge in [-0.25, -0.2) is 4.79 Å². The van der Waals surface area contributed by atoms with Gasteiger partial charge in [-0.15, -0.1) is 0 Å². The van der Waals surface area contributed by atoms with Gasteiger partial charge in [0.1, 0.15) is 0 Å². The highest BCUT2D eigenvalue weighted by atomic mass is 16.4. The second kappa shape index (κ2) is 9.55. The molecule has 0 rings (SSSR count). The monoisotopic (exact) mass is 289 g/mol. The number of carbonyl (C=O) groups is 2. The Kier molecular flexibility index (Phi) is 8.91. The lowest BCUT2D eigenvalue weighted by Gasteiger charge is -2.21. The number of carboxylic acid groups (broad SMARTS) is 1. The molecule has 7 heteroatoms. The van der Waals surface area contributed by atoms with E-state index in [1.807, 2.05) is 0 Å². The van der Waals surface area contributed by atoms with Crippen LogP contribution in [-0.4, -0.2) is 65.4 Å². The van der Waals surface area contributed by atoms with Gasteiger partial charge < -0.3 is 25.7 Å². The number of aliphatic carboxylic acids is 1. The quantitative estimate of drug-likeness (QED) is 0.432. The maximum absolute atomic E-state index is 11.5. The number of hydrogen-bond acceptors (Lipinski definition) is 4. The number of carbonyl (C=O) groups excluding carboxylic acids is 1. The molecule has 1 atom stereocenters. The topological polar surface area (TPSA) is 102 Å². The van der Waals surface area contributed by atoms with E-state index in [4.69, 9.17) is 5.11 Å². The molecule has 0 aromatic rings. The number of nitrogens with zero attached hydrogens (tertiary/aromatic N) is 1. The van der Waals surface area contributed by atoms with Crippen LogP contribution in [0.3, 0.4) is 0 Å². The van der Waals surface area contributed by atoms with Gasteiger partial charge in [-0.1, -0.05) is 13.8 Å². The third-order valence-electron chi connectivity index (χ3n) is 2.99. The minimum Gasteiger partial charge on any atom is -0.481 e. The fourth-order valence-corrected chi connectivity index (χ4v) is 1.77. The van der Waals surface area contributed by atoms with Crippen LogP contribution in [0.2, 0.25) is 0 Å². The van der Waals surface area contributed by atoms with Gasteiger partial charge in [0.2, 0.25) is 0 Å². The Hall–Kier alpha value is -1.34. The van der Waals surface area contributed by atoms with Crippen LogP contribution in [0.4, 0.5) is 4.79 Å². The summed E-state index contributed by atoms with van der Waals surface area (Å²) in [5, 5.41) is 23.4. The van der Waals surface area contributed by atoms with Gasteiger partial charge in [0, 0.05) is 13.1 Å². The lowest BCUT2D eigenvalue weighted by Crippen LogP contribution is -2.46. The largest absolute Gasteiger partial charge is 0.481 e. The lowest BCUT2D eigenvalue weighted by molar-refractivity contribution is -0.141. The molecule has 2 amide bonds. The van der Waals surface area contributed by atoms with Crippen LogP contribution < -0.4 is 10.6 Å². The molecule has 4 N–H and O–H groups in total. The van der Waals surface area contributed by atoms with Crippen LogP contribution in [0.1, 0.15) is 33.6 Å². The molecule has 0 saturated carbocycles.